The summed E-state index contributed by atoms with van der Waals surface area (Å²) in [6.07, 6.45) is 0.0460. The molecular formula is C17H16ClNO2. The number of hydrogen-bond acceptors (Lipinski definition) is 2. The second-order valence-corrected chi connectivity index (χ2v) is 5.72. The third-order valence-electron chi connectivity index (χ3n) is 3.86. The van der Waals surface area contributed by atoms with Crippen molar-refractivity contribution < 1.29 is 9.90 Å². The van der Waals surface area contributed by atoms with Crippen molar-refractivity contribution in [2.24, 2.45) is 0 Å². The number of hydrogen-bond donors (Lipinski definition) is 1. The summed E-state index contributed by atoms with van der Waals surface area (Å²) in [5, 5.41) is 10.7. The van der Waals surface area contributed by atoms with E-state index >= 15 is 0 Å². The first kappa shape index (κ1) is 14.1. The van der Waals surface area contributed by atoms with Crippen molar-refractivity contribution in [2.45, 2.75) is 19.4 Å². The number of amides is 1. The fraction of sp³-hybridized carbons (Fsp3) is 0.235. The lowest BCUT2D eigenvalue weighted by Crippen LogP contribution is -2.37. The Morgan fingerprint density at radius 3 is 2.67 bits per heavy atom. The van der Waals surface area contributed by atoms with E-state index in [0.717, 1.165) is 16.8 Å². The first-order chi connectivity index (χ1) is 10.1. The number of aliphatic hydroxyl groups is 1. The maximum atomic E-state index is 12.7. The quantitative estimate of drug-likeness (QED) is 0.872. The van der Waals surface area contributed by atoms with E-state index in [-0.39, 0.29) is 5.91 Å². The zero-order chi connectivity index (χ0) is 15.0. The predicted octanol–water partition coefficient (Wildman–Crippen LogP) is 3.73. The van der Waals surface area contributed by atoms with Gasteiger partial charge >= 0.3 is 0 Å². The van der Waals surface area contributed by atoms with E-state index < -0.39 is 6.10 Å². The van der Waals surface area contributed by atoms with Crippen LogP contribution >= 0.6 is 11.6 Å². The molecule has 0 aliphatic carbocycles. The number of aliphatic hydroxyl groups excluding tert-OH is 1. The number of fused-ring (bicyclic) bond motifs is 1. The molecule has 1 atom stereocenters. The minimum absolute atomic E-state index is 0.0610. The van der Waals surface area contributed by atoms with Crippen molar-refractivity contribution in [3.8, 4) is 0 Å². The van der Waals surface area contributed by atoms with Crippen LogP contribution < -0.4 is 4.90 Å². The lowest BCUT2D eigenvalue weighted by Gasteiger charge is -2.33. The molecular weight excluding hydrogens is 286 g/mol. The molecule has 3 nitrogen and oxygen atoms in total. The van der Waals surface area contributed by atoms with Gasteiger partial charge in [0.15, 0.2) is 0 Å². The summed E-state index contributed by atoms with van der Waals surface area (Å²) in [4.78, 5) is 14.5. The molecule has 1 heterocycles. The number of carbonyl (C=O) groups is 1. The third-order valence-corrected chi connectivity index (χ3v) is 4.11. The number of nitrogens with zero attached hydrogens (tertiary/aromatic N) is 1. The van der Waals surface area contributed by atoms with Gasteiger partial charge in [-0.15, -0.1) is 0 Å². The molecule has 0 bridgehead atoms. The normalized spacial score (nSPS) is 17.5. The zero-order valence-electron chi connectivity index (χ0n) is 11.7. The maximum Gasteiger partial charge on any atom is 0.258 e. The summed E-state index contributed by atoms with van der Waals surface area (Å²) >= 11 is 5.87. The van der Waals surface area contributed by atoms with Gasteiger partial charge in [-0.05, 0) is 43.2 Å². The van der Waals surface area contributed by atoms with Gasteiger partial charge in [-0.2, -0.15) is 0 Å². The van der Waals surface area contributed by atoms with Gasteiger partial charge in [0.2, 0.25) is 0 Å². The van der Waals surface area contributed by atoms with Crippen LogP contribution in [0.5, 0.6) is 0 Å². The van der Waals surface area contributed by atoms with E-state index in [1.807, 2.05) is 25.1 Å². The standard InChI is InChI=1S/C17H16ClNO2/c1-11-3-2-4-14-15(20)9-10-19(16(11)14)17(21)12-5-7-13(18)8-6-12/h2-8,15,20H,9-10H2,1H3. The van der Waals surface area contributed by atoms with Crippen LogP contribution in [0.25, 0.3) is 0 Å². The Hall–Kier alpha value is -1.84. The molecule has 1 aliphatic heterocycles. The van der Waals surface area contributed by atoms with Gasteiger partial charge in [-0.3, -0.25) is 4.79 Å². The topological polar surface area (TPSA) is 40.5 Å². The monoisotopic (exact) mass is 301 g/mol. The van der Waals surface area contributed by atoms with Crippen molar-refractivity contribution in [3.05, 3.63) is 64.2 Å². The first-order valence-corrected chi connectivity index (χ1v) is 7.31. The van der Waals surface area contributed by atoms with Gasteiger partial charge in [-0.1, -0.05) is 29.8 Å². The highest BCUT2D eigenvalue weighted by molar-refractivity contribution is 6.30. The van der Waals surface area contributed by atoms with Crippen LogP contribution in [0.3, 0.4) is 0 Å². The first-order valence-electron chi connectivity index (χ1n) is 6.93. The number of rotatable bonds is 1. The molecule has 4 heteroatoms. The minimum Gasteiger partial charge on any atom is -0.388 e. The fourth-order valence-corrected chi connectivity index (χ4v) is 2.92. The van der Waals surface area contributed by atoms with E-state index in [2.05, 4.69) is 0 Å². The average molecular weight is 302 g/mol. The van der Waals surface area contributed by atoms with Crippen LogP contribution in [-0.2, 0) is 0 Å². The number of halogens is 1. The molecule has 0 saturated heterocycles. The SMILES string of the molecule is Cc1cccc2c1N(C(=O)c1ccc(Cl)cc1)CCC2O. The van der Waals surface area contributed by atoms with Crippen LogP contribution in [0.1, 0.15) is 34.0 Å². The van der Waals surface area contributed by atoms with E-state index in [0.29, 0.717) is 23.6 Å². The van der Waals surface area contributed by atoms with Crippen molar-refractivity contribution in [3.63, 3.8) is 0 Å². The van der Waals surface area contributed by atoms with Crippen molar-refractivity contribution in [1.82, 2.24) is 0 Å². The Balaban J connectivity index is 2.03. The molecule has 1 amide bonds. The van der Waals surface area contributed by atoms with Crippen molar-refractivity contribution in [2.75, 3.05) is 11.4 Å². The Labute approximate surface area is 128 Å². The highest BCUT2D eigenvalue weighted by Gasteiger charge is 2.29. The second kappa shape index (κ2) is 5.51. The molecule has 1 N–H and O–H groups in total. The largest absolute Gasteiger partial charge is 0.388 e. The van der Waals surface area contributed by atoms with Crippen molar-refractivity contribution in [1.29, 1.82) is 0 Å². The Bertz CT molecular complexity index is 682. The summed E-state index contributed by atoms with van der Waals surface area (Å²) in [6.45, 7) is 2.47. The highest BCUT2D eigenvalue weighted by Crippen LogP contribution is 2.36. The molecule has 2 aromatic rings. The molecule has 0 aromatic heterocycles. The van der Waals surface area contributed by atoms with Crippen LogP contribution in [0.2, 0.25) is 5.02 Å². The Morgan fingerprint density at radius 1 is 1.24 bits per heavy atom. The smallest absolute Gasteiger partial charge is 0.258 e. The molecule has 2 aromatic carbocycles. The van der Waals surface area contributed by atoms with Gasteiger partial charge in [0.05, 0.1) is 11.8 Å². The molecule has 108 valence electrons. The molecule has 0 fully saturated rings. The summed E-state index contributed by atoms with van der Waals surface area (Å²) in [5.41, 5.74) is 3.25. The maximum absolute atomic E-state index is 12.7. The van der Waals surface area contributed by atoms with Gasteiger partial charge in [0.25, 0.3) is 5.91 Å². The molecule has 3 rings (SSSR count). The highest BCUT2D eigenvalue weighted by atomic mass is 35.5. The molecule has 0 saturated carbocycles. The fourth-order valence-electron chi connectivity index (χ4n) is 2.79. The molecule has 1 aliphatic rings. The molecule has 1 unspecified atom stereocenters. The van der Waals surface area contributed by atoms with Crippen LogP contribution in [0.4, 0.5) is 5.69 Å². The van der Waals surface area contributed by atoms with Crippen LogP contribution in [0, 0.1) is 6.92 Å². The summed E-state index contributed by atoms with van der Waals surface area (Å²) in [5.74, 6) is -0.0610. The molecule has 0 spiro atoms. The second-order valence-electron chi connectivity index (χ2n) is 5.28. The van der Waals surface area contributed by atoms with Gasteiger partial charge in [0, 0.05) is 22.7 Å². The number of para-hydroxylation sites is 1. The van der Waals surface area contributed by atoms with Gasteiger partial charge in [0.1, 0.15) is 0 Å². The van der Waals surface area contributed by atoms with Crippen LogP contribution in [0.15, 0.2) is 42.5 Å². The van der Waals surface area contributed by atoms with Gasteiger partial charge < -0.3 is 10.0 Å². The number of carbonyl (C=O) groups excluding carboxylic acids is 1. The lowest BCUT2D eigenvalue weighted by atomic mass is 9.95. The summed E-state index contributed by atoms with van der Waals surface area (Å²) in [6, 6.07) is 12.6. The van der Waals surface area contributed by atoms with E-state index in [4.69, 9.17) is 11.6 Å². The van der Waals surface area contributed by atoms with Gasteiger partial charge in [-0.25, -0.2) is 0 Å². The van der Waals surface area contributed by atoms with Crippen LogP contribution in [-0.4, -0.2) is 17.6 Å². The zero-order valence-corrected chi connectivity index (χ0v) is 12.5. The third kappa shape index (κ3) is 2.55. The van der Waals surface area contributed by atoms with Crippen molar-refractivity contribution >= 4 is 23.2 Å². The Kier molecular flexibility index (Phi) is 3.70. The number of anilines is 1. The van der Waals surface area contributed by atoms with E-state index in [1.165, 1.54) is 0 Å². The lowest BCUT2D eigenvalue weighted by molar-refractivity contribution is 0.0970. The number of benzene rings is 2. The molecule has 21 heavy (non-hydrogen) atoms. The number of aryl methyl sites for hydroxylation is 1. The van der Waals surface area contributed by atoms with E-state index in [1.54, 1.807) is 29.2 Å². The Morgan fingerprint density at radius 2 is 1.95 bits per heavy atom. The average Bonchev–Trinajstić information content (AvgIpc) is 2.49. The summed E-state index contributed by atoms with van der Waals surface area (Å²) < 4.78 is 0. The minimum atomic E-state index is -0.505. The predicted molar refractivity (Wildman–Crippen MR) is 83.9 cm³/mol. The summed E-state index contributed by atoms with van der Waals surface area (Å²) in [7, 11) is 0. The van der Waals surface area contributed by atoms with E-state index in [9.17, 15) is 9.90 Å². The molecule has 0 radical (unpaired) electrons.